The lowest BCUT2D eigenvalue weighted by Crippen LogP contribution is -2.30. The Bertz CT molecular complexity index is 689. The second-order valence-electron chi connectivity index (χ2n) is 4.86. The van der Waals surface area contributed by atoms with E-state index in [1.165, 1.54) is 36.0 Å². The Morgan fingerprint density at radius 2 is 1.83 bits per heavy atom. The van der Waals surface area contributed by atoms with Crippen LogP contribution in [0.2, 0.25) is 0 Å². The van der Waals surface area contributed by atoms with Crippen molar-refractivity contribution in [2.75, 3.05) is 0 Å². The zero-order valence-corrected chi connectivity index (χ0v) is 13.2. The van der Waals surface area contributed by atoms with E-state index >= 15 is 0 Å². The molecule has 0 fully saturated rings. The van der Waals surface area contributed by atoms with Crippen LogP contribution in [0.5, 0.6) is 0 Å². The van der Waals surface area contributed by atoms with Crippen molar-refractivity contribution in [2.45, 2.75) is 23.6 Å². The van der Waals surface area contributed by atoms with Gasteiger partial charge in [0.1, 0.15) is 5.82 Å². The first-order valence-electron chi connectivity index (χ1n) is 6.89. The second-order valence-corrected chi connectivity index (χ2v) is 6.27. The molecule has 2 aromatic rings. The van der Waals surface area contributed by atoms with Crippen LogP contribution < -0.4 is 5.32 Å². The first kappa shape index (κ1) is 17.0. The van der Waals surface area contributed by atoms with E-state index in [1.54, 1.807) is 31.2 Å². The third-order valence-electron chi connectivity index (χ3n) is 3.11. The van der Waals surface area contributed by atoms with Gasteiger partial charge in [0.25, 0.3) is 5.69 Å². The van der Waals surface area contributed by atoms with E-state index in [0.717, 1.165) is 10.5 Å². The molecule has 0 aliphatic heterocycles. The molecule has 0 saturated carbocycles. The van der Waals surface area contributed by atoms with Crippen LogP contribution in [0.25, 0.3) is 0 Å². The molecule has 1 N–H and O–H groups in total. The quantitative estimate of drug-likeness (QED) is 0.498. The van der Waals surface area contributed by atoms with Crippen LogP contribution in [0.15, 0.2) is 53.4 Å². The summed E-state index contributed by atoms with van der Waals surface area (Å²) in [6, 6.07) is 12.0. The zero-order valence-electron chi connectivity index (χ0n) is 12.4. The Morgan fingerprint density at radius 1 is 1.22 bits per heavy atom. The topological polar surface area (TPSA) is 72.2 Å². The van der Waals surface area contributed by atoms with E-state index in [4.69, 9.17) is 0 Å². The number of benzene rings is 2. The van der Waals surface area contributed by atoms with Crippen molar-refractivity contribution >= 4 is 23.4 Å². The van der Waals surface area contributed by atoms with Gasteiger partial charge in [0.2, 0.25) is 5.91 Å². The molecule has 0 radical (unpaired) electrons. The van der Waals surface area contributed by atoms with E-state index in [2.05, 4.69) is 5.32 Å². The summed E-state index contributed by atoms with van der Waals surface area (Å²) in [5, 5.41) is 13.0. The predicted octanol–water partition coefficient (Wildman–Crippen LogP) is 3.53. The molecule has 120 valence electrons. The smallest absolute Gasteiger partial charge is 0.269 e. The highest BCUT2D eigenvalue weighted by molar-refractivity contribution is 8.00. The molecule has 2 aromatic carbocycles. The number of thioether (sulfide) groups is 1. The van der Waals surface area contributed by atoms with Gasteiger partial charge in [-0.25, -0.2) is 4.39 Å². The summed E-state index contributed by atoms with van der Waals surface area (Å²) in [4.78, 5) is 23.0. The third kappa shape index (κ3) is 5.07. The number of hydrogen-bond acceptors (Lipinski definition) is 4. The standard InChI is InChI=1S/C16H15FN2O3S/c1-11(23-15-8-6-14(7-9-15)19(21)22)16(20)18-10-12-2-4-13(17)5-3-12/h2-9,11H,10H2,1H3,(H,18,20)/t11-/m1/s1. The van der Waals surface area contributed by atoms with Crippen molar-refractivity contribution in [3.8, 4) is 0 Å². The molecule has 0 spiro atoms. The minimum atomic E-state index is -0.465. The maximum absolute atomic E-state index is 12.8. The summed E-state index contributed by atoms with van der Waals surface area (Å²) >= 11 is 1.32. The monoisotopic (exact) mass is 334 g/mol. The molecule has 1 atom stereocenters. The number of hydrogen-bond donors (Lipinski definition) is 1. The molecule has 0 aliphatic carbocycles. The van der Waals surface area contributed by atoms with Gasteiger partial charge >= 0.3 is 0 Å². The van der Waals surface area contributed by atoms with Crippen molar-refractivity contribution in [3.63, 3.8) is 0 Å². The van der Waals surface area contributed by atoms with E-state index in [-0.39, 0.29) is 22.7 Å². The minimum Gasteiger partial charge on any atom is -0.351 e. The first-order valence-corrected chi connectivity index (χ1v) is 7.77. The maximum Gasteiger partial charge on any atom is 0.269 e. The maximum atomic E-state index is 12.8. The van der Waals surface area contributed by atoms with Gasteiger partial charge in [-0.2, -0.15) is 0 Å². The highest BCUT2D eigenvalue weighted by Crippen LogP contribution is 2.25. The summed E-state index contributed by atoms with van der Waals surface area (Å²) in [7, 11) is 0. The average Bonchev–Trinajstić information content (AvgIpc) is 2.54. The van der Waals surface area contributed by atoms with Crippen LogP contribution >= 0.6 is 11.8 Å². The summed E-state index contributed by atoms with van der Waals surface area (Å²) < 4.78 is 12.8. The first-order chi connectivity index (χ1) is 11.0. The number of nitro benzene ring substituents is 1. The lowest BCUT2D eigenvalue weighted by atomic mass is 10.2. The fourth-order valence-electron chi connectivity index (χ4n) is 1.84. The van der Waals surface area contributed by atoms with E-state index < -0.39 is 4.92 Å². The van der Waals surface area contributed by atoms with Gasteiger partial charge in [-0.1, -0.05) is 12.1 Å². The van der Waals surface area contributed by atoms with Crippen LogP contribution in [0.1, 0.15) is 12.5 Å². The van der Waals surface area contributed by atoms with E-state index in [1.807, 2.05) is 0 Å². The molecule has 0 unspecified atom stereocenters. The molecule has 1 amide bonds. The van der Waals surface area contributed by atoms with E-state index in [9.17, 15) is 19.3 Å². The largest absolute Gasteiger partial charge is 0.351 e. The van der Waals surface area contributed by atoms with Gasteiger partial charge in [0, 0.05) is 23.6 Å². The number of halogens is 1. The third-order valence-corrected chi connectivity index (χ3v) is 4.22. The molecular formula is C16H15FN2O3S. The van der Waals surface area contributed by atoms with Crippen LogP contribution in [0.4, 0.5) is 10.1 Å². The number of carbonyl (C=O) groups is 1. The van der Waals surface area contributed by atoms with Gasteiger partial charge in [-0.15, -0.1) is 11.8 Å². The fourth-order valence-corrected chi connectivity index (χ4v) is 2.73. The second kappa shape index (κ2) is 7.73. The Kier molecular flexibility index (Phi) is 5.70. The number of nitrogens with zero attached hydrogens (tertiary/aromatic N) is 1. The van der Waals surface area contributed by atoms with Crippen LogP contribution in [-0.4, -0.2) is 16.1 Å². The molecule has 0 bridgehead atoms. The summed E-state index contributed by atoms with van der Waals surface area (Å²) in [5.74, 6) is -0.472. The molecule has 0 aromatic heterocycles. The molecular weight excluding hydrogens is 319 g/mol. The summed E-state index contributed by atoms with van der Waals surface area (Å²) in [6.45, 7) is 2.08. The Labute approximate surface area is 137 Å². The Morgan fingerprint density at radius 3 is 2.39 bits per heavy atom. The summed E-state index contributed by atoms with van der Waals surface area (Å²) in [6.07, 6.45) is 0. The van der Waals surface area contributed by atoms with Crippen molar-refractivity contribution < 1.29 is 14.1 Å². The lowest BCUT2D eigenvalue weighted by molar-refractivity contribution is -0.384. The number of carbonyl (C=O) groups excluding carboxylic acids is 1. The van der Waals surface area contributed by atoms with Gasteiger partial charge in [0.15, 0.2) is 0 Å². The molecule has 0 heterocycles. The molecule has 5 nitrogen and oxygen atoms in total. The number of non-ortho nitro benzene ring substituents is 1. The average molecular weight is 334 g/mol. The van der Waals surface area contributed by atoms with Crippen molar-refractivity contribution in [3.05, 3.63) is 70.0 Å². The minimum absolute atomic E-state index is 0.0164. The summed E-state index contributed by atoms with van der Waals surface area (Å²) in [5.41, 5.74) is 0.829. The van der Waals surface area contributed by atoms with Crippen LogP contribution in [0, 0.1) is 15.9 Å². The number of nitrogens with one attached hydrogen (secondary N) is 1. The molecule has 23 heavy (non-hydrogen) atoms. The van der Waals surface area contributed by atoms with Gasteiger partial charge in [-0.05, 0) is 36.8 Å². The van der Waals surface area contributed by atoms with Gasteiger partial charge < -0.3 is 5.32 Å². The molecule has 7 heteroatoms. The lowest BCUT2D eigenvalue weighted by Gasteiger charge is -2.12. The van der Waals surface area contributed by atoms with Crippen molar-refractivity contribution in [2.24, 2.45) is 0 Å². The van der Waals surface area contributed by atoms with E-state index in [0.29, 0.717) is 6.54 Å². The van der Waals surface area contributed by atoms with Crippen LogP contribution in [-0.2, 0) is 11.3 Å². The number of nitro groups is 1. The van der Waals surface area contributed by atoms with Crippen molar-refractivity contribution in [1.82, 2.24) is 5.32 Å². The normalized spacial score (nSPS) is 11.7. The molecule has 2 rings (SSSR count). The number of amides is 1. The predicted molar refractivity (Wildman–Crippen MR) is 86.7 cm³/mol. The highest BCUT2D eigenvalue weighted by Gasteiger charge is 2.14. The highest BCUT2D eigenvalue weighted by atomic mass is 32.2. The van der Waals surface area contributed by atoms with Crippen molar-refractivity contribution in [1.29, 1.82) is 0 Å². The van der Waals surface area contributed by atoms with Gasteiger partial charge in [0.05, 0.1) is 10.2 Å². The zero-order chi connectivity index (χ0) is 16.8. The fraction of sp³-hybridized carbons (Fsp3) is 0.188. The molecule has 0 saturated heterocycles. The van der Waals surface area contributed by atoms with Crippen LogP contribution in [0.3, 0.4) is 0 Å². The van der Waals surface area contributed by atoms with Gasteiger partial charge in [-0.3, -0.25) is 14.9 Å². The molecule has 0 aliphatic rings. The Hall–Kier alpha value is -2.41. The SMILES string of the molecule is C[C@@H](Sc1ccc([N+](=O)[O-])cc1)C(=O)NCc1ccc(F)cc1. The number of rotatable bonds is 6. The Balaban J connectivity index is 1.86.